The summed E-state index contributed by atoms with van der Waals surface area (Å²) in [4.78, 5) is 15.2. The van der Waals surface area contributed by atoms with E-state index in [9.17, 15) is 4.79 Å². The second kappa shape index (κ2) is 5.12. The molecular formula is C13H11Cl2NO2. The molecule has 1 unspecified atom stereocenters. The third-order valence-corrected chi connectivity index (χ3v) is 3.45. The van der Waals surface area contributed by atoms with Crippen LogP contribution in [0.2, 0.25) is 10.0 Å². The molecule has 1 heterocycles. The van der Waals surface area contributed by atoms with Gasteiger partial charge < -0.3 is 5.11 Å². The van der Waals surface area contributed by atoms with Crippen LogP contribution in [0.25, 0.3) is 10.9 Å². The number of rotatable bonds is 3. The summed E-state index contributed by atoms with van der Waals surface area (Å²) < 4.78 is 0. The zero-order valence-corrected chi connectivity index (χ0v) is 11.2. The van der Waals surface area contributed by atoms with E-state index in [0.717, 1.165) is 16.6 Å². The van der Waals surface area contributed by atoms with Gasteiger partial charge in [0.1, 0.15) is 0 Å². The number of nitrogens with zero attached hydrogens (tertiary/aromatic N) is 1. The average molecular weight is 284 g/mol. The summed E-state index contributed by atoms with van der Waals surface area (Å²) in [6.07, 6.45) is 0.394. The highest BCUT2D eigenvalue weighted by atomic mass is 35.5. The molecule has 1 N–H and O–H groups in total. The predicted molar refractivity (Wildman–Crippen MR) is 72.3 cm³/mol. The van der Waals surface area contributed by atoms with Crippen molar-refractivity contribution in [1.29, 1.82) is 0 Å². The SMILES string of the molecule is CC(Cc1ccc2cc(Cl)c(Cl)cc2n1)C(=O)O. The molecule has 0 aliphatic carbocycles. The van der Waals surface area contributed by atoms with Crippen LogP contribution in [0.1, 0.15) is 12.6 Å². The molecule has 0 amide bonds. The van der Waals surface area contributed by atoms with Gasteiger partial charge >= 0.3 is 5.97 Å². The Labute approximate surface area is 114 Å². The number of benzene rings is 1. The number of carbonyl (C=O) groups is 1. The minimum atomic E-state index is -0.828. The molecule has 0 radical (unpaired) electrons. The monoisotopic (exact) mass is 283 g/mol. The van der Waals surface area contributed by atoms with Gasteiger partial charge in [0, 0.05) is 17.5 Å². The van der Waals surface area contributed by atoms with E-state index in [1.807, 2.05) is 12.1 Å². The highest BCUT2D eigenvalue weighted by Gasteiger charge is 2.13. The molecule has 0 spiro atoms. The number of aliphatic carboxylic acids is 1. The first kappa shape index (κ1) is 13.1. The normalized spacial score (nSPS) is 12.6. The largest absolute Gasteiger partial charge is 0.481 e. The molecule has 3 nitrogen and oxygen atoms in total. The van der Waals surface area contributed by atoms with E-state index in [-0.39, 0.29) is 0 Å². The van der Waals surface area contributed by atoms with E-state index in [1.165, 1.54) is 0 Å². The van der Waals surface area contributed by atoms with E-state index in [4.69, 9.17) is 28.3 Å². The van der Waals surface area contributed by atoms with Crippen LogP contribution < -0.4 is 0 Å². The van der Waals surface area contributed by atoms with Crippen LogP contribution in [0.3, 0.4) is 0 Å². The number of pyridine rings is 1. The number of fused-ring (bicyclic) bond motifs is 1. The minimum Gasteiger partial charge on any atom is -0.481 e. The first-order valence-corrected chi connectivity index (χ1v) is 6.20. The quantitative estimate of drug-likeness (QED) is 0.932. The van der Waals surface area contributed by atoms with Crippen LogP contribution in [0.4, 0.5) is 0 Å². The fraction of sp³-hybridized carbons (Fsp3) is 0.231. The zero-order valence-electron chi connectivity index (χ0n) is 9.65. The smallest absolute Gasteiger partial charge is 0.306 e. The number of aromatic nitrogens is 1. The van der Waals surface area contributed by atoms with E-state index in [2.05, 4.69) is 4.98 Å². The van der Waals surface area contributed by atoms with Gasteiger partial charge in [0.2, 0.25) is 0 Å². The second-order valence-corrected chi connectivity index (χ2v) is 5.02. The minimum absolute atomic E-state index is 0.394. The molecule has 1 atom stereocenters. The molecule has 1 aromatic heterocycles. The maximum absolute atomic E-state index is 10.8. The van der Waals surface area contributed by atoms with Gasteiger partial charge in [-0.25, -0.2) is 0 Å². The lowest BCUT2D eigenvalue weighted by atomic mass is 10.0. The summed E-state index contributed by atoms with van der Waals surface area (Å²) in [5, 5.41) is 10.7. The first-order chi connectivity index (χ1) is 8.47. The highest BCUT2D eigenvalue weighted by Crippen LogP contribution is 2.27. The Morgan fingerprint density at radius 2 is 2.00 bits per heavy atom. The van der Waals surface area contributed by atoms with E-state index >= 15 is 0 Å². The number of carboxylic acids is 1. The first-order valence-electron chi connectivity index (χ1n) is 5.45. The summed E-state index contributed by atoms with van der Waals surface area (Å²) >= 11 is 11.8. The summed E-state index contributed by atoms with van der Waals surface area (Å²) in [6, 6.07) is 7.12. The number of hydrogen-bond acceptors (Lipinski definition) is 2. The van der Waals surface area contributed by atoms with Crippen LogP contribution in [-0.2, 0) is 11.2 Å². The fourth-order valence-corrected chi connectivity index (χ4v) is 2.00. The lowest BCUT2D eigenvalue weighted by molar-refractivity contribution is -0.141. The van der Waals surface area contributed by atoms with Crippen molar-refractivity contribution in [2.75, 3.05) is 0 Å². The Balaban J connectivity index is 2.38. The summed E-state index contributed by atoms with van der Waals surface area (Å²) in [5.74, 6) is -1.29. The van der Waals surface area contributed by atoms with Gasteiger partial charge in [-0.3, -0.25) is 9.78 Å². The summed E-state index contributed by atoms with van der Waals surface area (Å²) in [5.41, 5.74) is 1.45. The standard InChI is InChI=1S/C13H11Cl2NO2/c1-7(13(17)18)4-9-3-2-8-5-10(14)11(15)6-12(8)16-9/h2-3,5-7H,4H2,1H3,(H,17,18). The fourth-order valence-electron chi connectivity index (χ4n) is 1.67. The molecule has 0 saturated heterocycles. The van der Waals surface area contributed by atoms with Crippen molar-refractivity contribution < 1.29 is 9.90 Å². The third kappa shape index (κ3) is 2.74. The second-order valence-electron chi connectivity index (χ2n) is 4.21. The van der Waals surface area contributed by atoms with Gasteiger partial charge in [-0.15, -0.1) is 0 Å². The number of carboxylic acid groups (broad SMARTS) is 1. The molecule has 2 aromatic rings. The molecular weight excluding hydrogens is 273 g/mol. The molecule has 0 bridgehead atoms. The Bertz CT molecular complexity index is 613. The Hall–Kier alpha value is -1.32. The lowest BCUT2D eigenvalue weighted by Crippen LogP contribution is -2.13. The highest BCUT2D eigenvalue weighted by molar-refractivity contribution is 6.42. The zero-order chi connectivity index (χ0) is 13.3. The van der Waals surface area contributed by atoms with Crippen molar-refractivity contribution in [3.63, 3.8) is 0 Å². The van der Waals surface area contributed by atoms with Crippen molar-refractivity contribution in [2.45, 2.75) is 13.3 Å². The predicted octanol–water partition coefficient (Wildman–Crippen LogP) is 3.80. The summed E-state index contributed by atoms with van der Waals surface area (Å²) in [7, 11) is 0. The molecule has 1 aromatic carbocycles. The van der Waals surface area contributed by atoms with Gasteiger partial charge in [0.15, 0.2) is 0 Å². The van der Waals surface area contributed by atoms with Crippen molar-refractivity contribution in [3.05, 3.63) is 40.0 Å². The molecule has 94 valence electrons. The van der Waals surface area contributed by atoms with Crippen LogP contribution in [0.15, 0.2) is 24.3 Å². The van der Waals surface area contributed by atoms with Crippen LogP contribution in [0.5, 0.6) is 0 Å². The van der Waals surface area contributed by atoms with E-state index < -0.39 is 11.9 Å². The van der Waals surface area contributed by atoms with Crippen molar-refractivity contribution in [1.82, 2.24) is 4.98 Å². The van der Waals surface area contributed by atoms with Gasteiger partial charge in [-0.05, 0) is 18.2 Å². The van der Waals surface area contributed by atoms with Crippen molar-refractivity contribution >= 4 is 40.1 Å². The van der Waals surface area contributed by atoms with Gasteiger partial charge in [-0.1, -0.05) is 36.2 Å². The molecule has 18 heavy (non-hydrogen) atoms. The Morgan fingerprint density at radius 3 is 2.67 bits per heavy atom. The number of halogens is 2. The third-order valence-electron chi connectivity index (χ3n) is 2.73. The molecule has 5 heteroatoms. The number of hydrogen-bond donors (Lipinski definition) is 1. The Kier molecular flexibility index (Phi) is 3.73. The van der Waals surface area contributed by atoms with Crippen molar-refractivity contribution in [3.8, 4) is 0 Å². The molecule has 0 aliphatic rings. The summed E-state index contributed by atoms with van der Waals surface area (Å²) in [6.45, 7) is 1.66. The van der Waals surface area contributed by atoms with Crippen LogP contribution >= 0.6 is 23.2 Å². The van der Waals surface area contributed by atoms with Gasteiger partial charge in [0.25, 0.3) is 0 Å². The Morgan fingerprint density at radius 1 is 1.33 bits per heavy atom. The molecule has 0 aliphatic heterocycles. The van der Waals surface area contributed by atoms with E-state index in [0.29, 0.717) is 16.5 Å². The van der Waals surface area contributed by atoms with Gasteiger partial charge in [0.05, 0.1) is 21.5 Å². The maximum atomic E-state index is 10.8. The van der Waals surface area contributed by atoms with Crippen molar-refractivity contribution in [2.24, 2.45) is 5.92 Å². The molecule has 0 saturated carbocycles. The van der Waals surface area contributed by atoms with Gasteiger partial charge in [-0.2, -0.15) is 0 Å². The lowest BCUT2D eigenvalue weighted by Gasteiger charge is -2.07. The van der Waals surface area contributed by atoms with E-state index in [1.54, 1.807) is 19.1 Å². The topological polar surface area (TPSA) is 50.2 Å². The average Bonchev–Trinajstić information content (AvgIpc) is 2.31. The molecule has 2 rings (SSSR count). The van der Waals surface area contributed by atoms with Crippen LogP contribution in [-0.4, -0.2) is 16.1 Å². The maximum Gasteiger partial charge on any atom is 0.306 e. The molecule has 0 fully saturated rings. The van der Waals surface area contributed by atoms with Crippen LogP contribution in [0, 0.1) is 5.92 Å².